The molecule has 0 aromatic carbocycles. The molecule has 4 aliphatic rings. The Bertz CT molecular complexity index is 502. The maximum atomic E-state index is 12.0. The number of carbonyl (C=O) groups is 1. The van der Waals surface area contributed by atoms with Crippen LogP contribution in [0.5, 0.6) is 0 Å². The second-order valence-corrected chi connectivity index (χ2v) is 9.01. The highest BCUT2D eigenvalue weighted by atomic mass is 16.1. The van der Waals surface area contributed by atoms with Crippen LogP contribution in [0.15, 0.2) is 23.3 Å². The first-order valence-electron chi connectivity index (χ1n) is 10.3. The summed E-state index contributed by atoms with van der Waals surface area (Å²) < 4.78 is 0. The van der Waals surface area contributed by atoms with Crippen LogP contribution < -0.4 is 10.6 Å². The molecular formula is C22H36N2O. The third-order valence-corrected chi connectivity index (χ3v) is 6.50. The first-order chi connectivity index (χ1) is 12.0. The predicted octanol–water partition coefficient (Wildman–Crippen LogP) is 4.21. The third-order valence-electron chi connectivity index (χ3n) is 6.50. The van der Waals surface area contributed by atoms with E-state index in [1.54, 1.807) is 6.08 Å². The quantitative estimate of drug-likeness (QED) is 0.393. The molecule has 0 heterocycles. The van der Waals surface area contributed by atoms with Gasteiger partial charge in [-0.25, -0.2) is 0 Å². The van der Waals surface area contributed by atoms with Crippen LogP contribution in [-0.2, 0) is 4.79 Å². The fourth-order valence-electron chi connectivity index (χ4n) is 5.62. The van der Waals surface area contributed by atoms with Crippen molar-refractivity contribution in [3.8, 4) is 0 Å². The van der Waals surface area contributed by atoms with Gasteiger partial charge >= 0.3 is 0 Å². The highest BCUT2D eigenvalue weighted by Gasteiger charge is 2.47. The summed E-state index contributed by atoms with van der Waals surface area (Å²) in [6.45, 7) is 7.92. The Morgan fingerprint density at radius 3 is 2.20 bits per heavy atom. The van der Waals surface area contributed by atoms with Crippen molar-refractivity contribution in [1.29, 1.82) is 0 Å². The first-order valence-corrected chi connectivity index (χ1v) is 10.3. The van der Waals surface area contributed by atoms with E-state index in [2.05, 4.69) is 30.6 Å². The lowest BCUT2D eigenvalue weighted by Gasteiger charge is -2.54. The SMILES string of the molecule is CC(C)=CCCC(C)=CC(=O)NCCNC1C2CC3CC(C2)CC1C3. The molecule has 0 aromatic rings. The van der Waals surface area contributed by atoms with Crippen molar-refractivity contribution in [3.63, 3.8) is 0 Å². The minimum absolute atomic E-state index is 0.0570. The van der Waals surface area contributed by atoms with Crippen LogP contribution in [0.4, 0.5) is 0 Å². The van der Waals surface area contributed by atoms with Crippen molar-refractivity contribution in [3.05, 3.63) is 23.3 Å². The second-order valence-electron chi connectivity index (χ2n) is 9.01. The average Bonchev–Trinajstić information content (AvgIpc) is 2.52. The Balaban J connectivity index is 1.33. The molecule has 4 fully saturated rings. The van der Waals surface area contributed by atoms with Crippen LogP contribution in [0.25, 0.3) is 0 Å². The van der Waals surface area contributed by atoms with Crippen molar-refractivity contribution in [2.24, 2.45) is 23.7 Å². The average molecular weight is 345 g/mol. The Hall–Kier alpha value is -1.09. The molecule has 0 unspecified atom stereocenters. The largest absolute Gasteiger partial charge is 0.351 e. The van der Waals surface area contributed by atoms with Gasteiger partial charge in [0.15, 0.2) is 0 Å². The topological polar surface area (TPSA) is 41.1 Å². The highest BCUT2D eigenvalue weighted by molar-refractivity contribution is 5.88. The predicted molar refractivity (Wildman–Crippen MR) is 104 cm³/mol. The highest BCUT2D eigenvalue weighted by Crippen LogP contribution is 2.53. The maximum Gasteiger partial charge on any atom is 0.243 e. The molecule has 4 saturated carbocycles. The van der Waals surface area contributed by atoms with Crippen LogP contribution in [0.1, 0.15) is 65.7 Å². The van der Waals surface area contributed by atoms with Gasteiger partial charge in [0.05, 0.1) is 0 Å². The summed E-state index contributed by atoms with van der Waals surface area (Å²) in [5, 5.41) is 6.82. The monoisotopic (exact) mass is 344 g/mol. The van der Waals surface area contributed by atoms with E-state index in [0.29, 0.717) is 6.04 Å². The first kappa shape index (κ1) is 18.7. The number of carbonyl (C=O) groups excluding carboxylic acids is 1. The summed E-state index contributed by atoms with van der Waals surface area (Å²) in [6, 6.07) is 0.714. The van der Waals surface area contributed by atoms with Gasteiger partial charge in [-0.2, -0.15) is 0 Å². The van der Waals surface area contributed by atoms with E-state index in [1.165, 1.54) is 37.7 Å². The van der Waals surface area contributed by atoms with E-state index in [0.717, 1.165) is 55.2 Å². The molecule has 25 heavy (non-hydrogen) atoms. The molecule has 4 rings (SSSR count). The summed E-state index contributed by atoms with van der Waals surface area (Å²) in [5.74, 6) is 3.93. The molecule has 3 heteroatoms. The van der Waals surface area contributed by atoms with Crippen molar-refractivity contribution < 1.29 is 4.79 Å². The summed E-state index contributed by atoms with van der Waals surface area (Å²) in [7, 11) is 0. The molecule has 2 N–H and O–H groups in total. The van der Waals surface area contributed by atoms with Gasteiger partial charge in [0, 0.05) is 25.2 Å². The van der Waals surface area contributed by atoms with Crippen LogP contribution in [0, 0.1) is 23.7 Å². The molecule has 4 bridgehead atoms. The van der Waals surface area contributed by atoms with Crippen molar-refractivity contribution in [2.45, 2.75) is 71.8 Å². The number of rotatable bonds is 8. The molecule has 0 aromatic heterocycles. The van der Waals surface area contributed by atoms with Crippen molar-refractivity contribution in [1.82, 2.24) is 10.6 Å². The number of hydrogen-bond donors (Lipinski definition) is 2. The molecule has 140 valence electrons. The van der Waals surface area contributed by atoms with E-state index in [-0.39, 0.29) is 5.91 Å². The van der Waals surface area contributed by atoms with E-state index in [1.807, 2.05) is 6.92 Å². The van der Waals surface area contributed by atoms with Gasteiger partial charge in [0.1, 0.15) is 0 Å². The van der Waals surface area contributed by atoms with Crippen molar-refractivity contribution >= 4 is 5.91 Å². The number of amides is 1. The third kappa shape index (κ3) is 5.20. The van der Waals surface area contributed by atoms with Crippen molar-refractivity contribution in [2.75, 3.05) is 13.1 Å². The summed E-state index contributed by atoms with van der Waals surface area (Å²) in [5.41, 5.74) is 2.50. The Labute approximate surface area is 153 Å². The van der Waals surface area contributed by atoms with Gasteiger partial charge in [-0.05, 0) is 89.4 Å². The molecule has 0 aliphatic heterocycles. The number of hydrogen-bond acceptors (Lipinski definition) is 2. The van der Waals surface area contributed by atoms with E-state index in [9.17, 15) is 4.79 Å². The molecule has 3 nitrogen and oxygen atoms in total. The van der Waals surface area contributed by atoms with Gasteiger partial charge in [0.25, 0.3) is 0 Å². The summed E-state index contributed by atoms with van der Waals surface area (Å²) >= 11 is 0. The minimum atomic E-state index is 0.0570. The van der Waals surface area contributed by atoms with Gasteiger partial charge in [-0.3, -0.25) is 4.79 Å². The number of nitrogens with one attached hydrogen (secondary N) is 2. The summed E-state index contributed by atoms with van der Waals surface area (Å²) in [4.78, 5) is 12.0. The molecule has 0 atom stereocenters. The normalized spacial score (nSPS) is 33.4. The van der Waals surface area contributed by atoms with Gasteiger partial charge < -0.3 is 10.6 Å². The summed E-state index contributed by atoms with van der Waals surface area (Å²) in [6.07, 6.45) is 13.3. The van der Waals surface area contributed by atoms with E-state index < -0.39 is 0 Å². The lowest BCUT2D eigenvalue weighted by Crippen LogP contribution is -2.55. The maximum absolute atomic E-state index is 12.0. The molecule has 0 radical (unpaired) electrons. The smallest absolute Gasteiger partial charge is 0.243 e. The second kappa shape index (κ2) is 8.53. The van der Waals surface area contributed by atoms with Gasteiger partial charge in [0.2, 0.25) is 5.91 Å². The zero-order valence-corrected chi connectivity index (χ0v) is 16.3. The number of allylic oxidation sites excluding steroid dienone is 3. The molecule has 0 saturated heterocycles. The van der Waals surface area contributed by atoms with Crippen LogP contribution >= 0.6 is 0 Å². The zero-order valence-electron chi connectivity index (χ0n) is 16.3. The van der Waals surface area contributed by atoms with E-state index in [4.69, 9.17) is 0 Å². The standard InChI is InChI=1S/C22H36N2O/c1-15(2)5-4-6-16(3)9-21(25)23-7-8-24-22-19-11-17-10-18(13-19)14-20(22)12-17/h5,9,17-20,22,24H,4,6-8,10-14H2,1-3H3,(H,23,25). The minimum Gasteiger partial charge on any atom is -0.351 e. The van der Waals surface area contributed by atoms with Crippen LogP contribution in [0.2, 0.25) is 0 Å². The van der Waals surface area contributed by atoms with E-state index >= 15 is 0 Å². The molecule has 1 amide bonds. The Morgan fingerprint density at radius 2 is 1.60 bits per heavy atom. The fourth-order valence-corrected chi connectivity index (χ4v) is 5.62. The van der Waals surface area contributed by atoms with Crippen LogP contribution in [-0.4, -0.2) is 25.0 Å². The Morgan fingerprint density at radius 1 is 0.960 bits per heavy atom. The molecular weight excluding hydrogens is 308 g/mol. The van der Waals surface area contributed by atoms with Gasteiger partial charge in [-0.15, -0.1) is 0 Å². The molecule has 4 aliphatic carbocycles. The fraction of sp³-hybridized carbons (Fsp3) is 0.773. The lowest BCUT2D eigenvalue weighted by atomic mass is 9.54. The Kier molecular flexibility index (Phi) is 6.38. The zero-order chi connectivity index (χ0) is 17.8. The molecule has 0 spiro atoms. The van der Waals surface area contributed by atoms with Crippen LogP contribution in [0.3, 0.4) is 0 Å². The lowest BCUT2D eigenvalue weighted by molar-refractivity contribution is -0.116. The van der Waals surface area contributed by atoms with Gasteiger partial charge in [-0.1, -0.05) is 17.2 Å².